The number of alkyl carbamates (subject to hydrolysis) is 1. The Balaban J connectivity index is 1.73. The average Bonchev–Trinajstić information content (AvgIpc) is 2.53. The summed E-state index contributed by atoms with van der Waals surface area (Å²) in [5, 5.41) is 2.68. The predicted molar refractivity (Wildman–Crippen MR) is 43.2 cm³/mol. The Hall–Kier alpha value is -0.810. The van der Waals surface area contributed by atoms with Crippen LogP contribution in [0.25, 0.3) is 0 Å². The molecule has 0 radical (unpaired) electrons. The van der Waals surface area contributed by atoms with Gasteiger partial charge in [-0.3, -0.25) is 0 Å². The van der Waals surface area contributed by atoms with Crippen molar-refractivity contribution in [2.24, 2.45) is 0 Å². The van der Waals surface area contributed by atoms with Crippen LogP contribution in [-0.4, -0.2) is 38.2 Å². The fourth-order valence-corrected chi connectivity index (χ4v) is 1.46. The highest BCUT2D eigenvalue weighted by molar-refractivity contribution is 5.69. The molecule has 2 rings (SSSR count). The van der Waals surface area contributed by atoms with Crippen LogP contribution in [0.2, 0.25) is 0 Å². The van der Waals surface area contributed by atoms with Gasteiger partial charge in [0, 0.05) is 6.42 Å². The summed E-state index contributed by atoms with van der Waals surface area (Å²) in [5.41, 5.74) is 0. The van der Waals surface area contributed by atoms with E-state index in [9.17, 15) is 4.79 Å². The third-order valence-electron chi connectivity index (χ3n) is 2.11. The monoisotopic (exact) mass is 187 g/mol. The van der Waals surface area contributed by atoms with Crippen LogP contribution >= 0.6 is 0 Å². The molecule has 2 aliphatic heterocycles. The zero-order chi connectivity index (χ0) is 9.10. The van der Waals surface area contributed by atoms with Gasteiger partial charge in [-0.25, -0.2) is 4.79 Å². The smallest absolute Gasteiger partial charge is 0.407 e. The Bertz CT molecular complexity index is 191. The molecule has 2 fully saturated rings. The number of ether oxygens (including phenoxy) is 3. The fraction of sp³-hybridized carbons (Fsp3) is 0.875. The van der Waals surface area contributed by atoms with Crippen LogP contribution in [0.3, 0.4) is 0 Å². The summed E-state index contributed by atoms with van der Waals surface area (Å²) in [6.07, 6.45) is 1.09. The molecule has 1 unspecified atom stereocenters. The molecule has 2 aliphatic rings. The van der Waals surface area contributed by atoms with Crippen LogP contribution in [-0.2, 0) is 14.2 Å². The van der Waals surface area contributed by atoms with E-state index in [2.05, 4.69) is 5.32 Å². The van der Waals surface area contributed by atoms with Crippen molar-refractivity contribution >= 4 is 6.09 Å². The van der Waals surface area contributed by atoms with Gasteiger partial charge >= 0.3 is 6.09 Å². The van der Waals surface area contributed by atoms with Crippen molar-refractivity contribution in [3.8, 4) is 0 Å². The van der Waals surface area contributed by atoms with Crippen LogP contribution in [0.1, 0.15) is 12.8 Å². The van der Waals surface area contributed by atoms with E-state index >= 15 is 0 Å². The minimum absolute atomic E-state index is 0.0376. The summed E-state index contributed by atoms with van der Waals surface area (Å²) in [4.78, 5) is 10.7. The lowest BCUT2D eigenvalue weighted by Crippen LogP contribution is -2.35. The molecular formula is C8H13NO4. The number of rotatable bonds is 2. The van der Waals surface area contributed by atoms with Gasteiger partial charge in [0.1, 0.15) is 6.61 Å². The van der Waals surface area contributed by atoms with Gasteiger partial charge in [0.15, 0.2) is 6.29 Å². The van der Waals surface area contributed by atoms with Crippen molar-refractivity contribution in [3.63, 3.8) is 0 Å². The zero-order valence-corrected chi connectivity index (χ0v) is 7.32. The molecule has 2 saturated heterocycles. The summed E-state index contributed by atoms with van der Waals surface area (Å²) in [6, 6.07) is 0.0376. The molecule has 2 heterocycles. The Morgan fingerprint density at radius 3 is 2.77 bits per heavy atom. The van der Waals surface area contributed by atoms with Crippen molar-refractivity contribution in [1.29, 1.82) is 0 Å². The van der Waals surface area contributed by atoms with E-state index < -0.39 is 0 Å². The molecule has 1 amide bonds. The molecule has 5 heteroatoms. The van der Waals surface area contributed by atoms with E-state index in [1.165, 1.54) is 0 Å². The first-order valence-corrected chi connectivity index (χ1v) is 4.51. The number of hydrogen-bond acceptors (Lipinski definition) is 4. The van der Waals surface area contributed by atoms with Gasteiger partial charge in [0.25, 0.3) is 0 Å². The Labute approximate surface area is 76.3 Å². The molecule has 0 saturated carbocycles. The highest BCUT2D eigenvalue weighted by Crippen LogP contribution is 2.13. The van der Waals surface area contributed by atoms with E-state index in [1.807, 2.05) is 0 Å². The van der Waals surface area contributed by atoms with E-state index in [0.29, 0.717) is 13.0 Å². The van der Waals surface area contributed by atoms with Crippen LogP contribution < -0.4 is 5.32 Å². The van der Waals surface area contributed by atoms with Crippen molar-refractivity contribution in [1.82, 2.24) is 5.32 Å². The summed E-state index contributed by atoms with van der Waals surface area (Å²) in [6.45, 7) is 1.90. The summed E-state index contributed by atoms with van der Waals surface area (Å²) in [5.74, 6) is 0. The van der Waals surface area contributed by atoms with Gasteiger partial charge in [-0.15, -0.1) is 0 Å². The lowest BCUT2D eigenvalue weighted by atomic mass is 10.2. The number of cyclic esters (lactones) is 1. The van der Waals surface area contributed by atoms with Gasteiger partial charge in [-0.1, -0.05) is 0 Å². The van der Waals surface area contributed by atoms with Crippen LogP contribution in [0.4, 0.5) is 4.79 Å². The van der Waals surface area contributed by atoms with Gasteiger partial charge in [-0.05, 0) is 6.42 Å². The Morgan fingerprint density at radius 2 is 2.15 bits per heavy atom. The van der Waals surface area contributed by atoms with Crippen LogP contribution in [0.15, 0.2) is 0 Å². The highest BCUT2D eigenvalue weighted by Gasteiger charge is 2.27. The highest BCUT2D eigenvalue weighted by atomic mass is 16.7. The van der Waals surface area contributed by atoms with Gasteiger partial charge in [-0.2, -0.15) is 0 Å². The maximum Gasteiger partial charge on any atom is 0.407 e. The summed E-state index contributed by atoms with van der Waals surface area (Å²) in [7, 11) is 0. The van der Waals surface area contributed by atoms with Crippen molar-refractivity contribution in [2.45, 2.75) is 25.2 Å². The molecule has 0 aromatic rings. The van der Waals surface area contributed by atoms with Crippen LogP contribution in [0, 0.1) is 0 Å². The quantitative estimate of drug-likeness (QED) is 0.673. The second-order valence-electron chi connectivity index (χ2n) is 3.20. The second-order valence-corrected chi connectivity index (χ2v) is 3.20. The normalized spacial score (nSPS) is 29.8. The standard InChI is InChI=1S/C8H13NO4/c10-8-9-6(5-13-8)4-7-11-2-1-3-12-7/h6-7H,1-5H2,(H,9,10). The molecule has 0 aromatic heterocycles. The topological polar surface area (TPSA) is 56.8 Å². The minimum atomic E-state index is -0.346. The average molecular weight is 187 g/mol. The number of amides is 1. The van der Waals surface area contributed by atoms with E-state index in [-0.39, 0.29) is 18.4 Å². The zero-order valence-electron chi connectivity index (χ0n) is 7.32. The minimum Gasteiger partial charge on any atom is -0.447 e. The maximum absolute atomic E-state index is 10.7. The van der Waals surface area contributed by atoms with Crippen molar-refractivity contribution in [3.05, 3.63) is 0 Å². The van der Waals surface area contributed by atoms with Crippen molar-refractivity contribution < 1.29 is 19.0 Å². The van der Waals surface area contributed by atoms with E-state index in [0.717, 1.165) is 19.6 Å². The maximum atomic E-state index is 10.7. The molecule has 1 atom stereocenters. The SMILES string of the molecule is O=C1NC(CC2OCCCO2)CO1. The van der Waals surface area contributed by atoms with Gasteiger partial charge in [0.05, 0.1) is 19.3 Å². The van der Waals surface area contributed by atoms with E-state index in [1.54, 1.807) is 0 Å². The summed E-state index contributed by atoms with van der Waals surface area (Å²) >= 11 is 0. The molecule has 13 heavy (non-hydrogen) atoms. The van der Waals surface area contributed by atoms with Crippen LogP contribution in [0.5, 0.6) is 0 Å². The molecule has 0 aromatic carbocycles. The molecular weight excluding hydrogens is 174 g/mol. The van der Waals surface area contributed by atoms with Gasteiger partial charge in [0.2, 0.25) is 0 Å². The predicted octanol–water partition coefficient (Wildman–Crippen LogP) is 0.248. The Kier molecular flexibility index (Phi) is 2.65. The fourth-order valence-electron chi connectivity index (χ4n) is 1.46. The third-order valence-corrected chi connectivity index (χ3v) is 2.11. The molecule has 1 N–H and O–H groups in total. The number of carbonyl (C=O) groups is 1. The molecule has 5 nitrogen and oxygen atoms in total. The molecule has 0 aliphatic carbocycles. The molecule has 74 valence electrons. The van der Waals surface area contributed by atoms with Gasteiger partial charge < -0.3 is 19.5 Å². The first-order chi connectivity index (χ1) is 6.34. The summed E-state index contributed by atoms with van der Waals surface area (Å²) < 4.78 is 15.4. The van der Waals surface area contributed by atoms with Crippen molar-refractivity contribution in [2.75, 3.05) is 19.8 Å². The van der Waals surface area contributed by atoms with E-state index in [4.69, 9.17) is 14.2 Å². The number of hydrogen-bond donors (Lipinski definition) is 1. The Morgan fingerprint density at radius 1 is 1.38 bits per heavy atom. The largest absolute Gasteiger partial charge is 0.447 e. The number of nitrogens with one attached hydrogen (secondary N) is 1. The molecule has 0 spiro atoms. The molecule has 0 bridgehead atoms. The number of carbonyl (C=O) groups excluding carboxylic acids is 1. The second kappa shape index (κ2) is 3.93. The lowest BCUT2D eigenvalue weighted by Gasteiger charge is -2.24. The third kappa shape index (κ3) is 2.32. The lowest BCUT2D eigenvalue weighted by molar-refractivity contribution is -0.183. The first kappa shape index (κ1) is 8.77. The first-order valence-electron chi connectivity index (χ1n) is 4.51.